The van der Waals surface area contributed by atoms with Crippen LogP contribution in [0.4, 0.5) is 0 Å². The first-order chi connectivity index (χ1) is 9.65. The summed E-state index contributed by atoms with van der Waals surface area (Å²) in [5.74, 6) is -0.942. The van der Waals surface area contributed by atoms with Crippen LogP contribution in [-0.4, -0.2) is 42.8 Å². The smallest absolute Gasteiger partial charge is 0.322 e. The van der Waals surface area contributed by atoms with Gasteiger partial charge in [0.05, 0.1) is 6.10 Å². The maximum Gasteiger partial charge on any atom is 0.322 e. The molecule has 1 atom stereocenters. The van der Waals surface area contributed by atoms with Gasteiger partial charge in [0.2, 0.25) is 0 Å². The van der Waals surface area contributed by atoms with E-state index in [0.717, 1.165) is 19.4 Å². The fourth-order valence-electron chi connectivity index (χ4n) is 1.95. The second-order valence-corrected chi connectivity index (χ2v) is 4.55. The lowest BCUT2D eigenvalue weighted by Crippen LogP contribution is -2.29. The summed E-state index contributed by atoms with van der Waals surface area (Å²) in [6.07, 6.45) is 2.14. The average Bonchev–Trinajstić information content (AvgIpc) is 2.96. The Morgan fingerprint density at radius 1 is 1.45 bits per heavy atom. The van der Waals surface area contributed by atoms with Crippen molar-refractivity contribution in [3.63, 3.8) is 0 Å². The SMILES string of the molecule is O=C(O)CNC(=O)c1cccc(OCC2CCCO2)c1. The Bertz CT molecular complexity index is 482. The zero-order chi connectivity index (χ0) is 14.4. The van der Waals surface area contributed by atoms with Gasteiger partial charge in [0, 0.05) is 12.2 Å². The summed E-state index contributed by atoms with van der Waals surface area (Å²) in [4.78, 5) is 22.1. The number of carbonyl (C=O) groups is 2. The van der Waals surface area contributed by atoms with Gasteiger partial charge < -0.3 is 19.9 Å². The van der Waals surface area contributed by atoms with Crippen LogP contribution in [0.25, 0.3) is 0 Å². The van der Waals surface area contributed by atoms with Gasteiger partial charge >= 0.3 is 5.97 Å². The minimum Gasteiger partial charge on any atom is -0.491 e. The van der Waals surface area contributed by atoms with Crippen LogP contribution >= 0.6 is 0 Å². The lowest BCUT2D eigenvalue weighted by atomic mass is 10.2. The van der Waals surface area contributed by atoms with E-state index in [4.69, 9.17) is 14.6 Å². The highest BCUT2D eigenvalue weighted by atomic mass is 16.5. The Balaban J connectivity index is 1.89. The molecule has 0 aromatic heterocycles. The highest BCUT2D eigenvalue weighted by molar-refractivity contribution is 5.96. The van der Waals surface area contributed by atoms with Crippen molar-refractivity contribution in [1.29, 1.82) is 0 Å². The van der Waals surface area contributed by atoms with Crippen molar-refractivity contribution in [1.82, 2.24) is 5.32 Å². The van der Waals surface area contributed by atoms with Crippen molar-refractivity contribution < 1.29 is 24.2 Å². The molecule has 0 bridgehead atoms. The van der Waals surface area contributed by atoms with Crippen LogP contribution in [0.2, 0.25) is 0 Å². The lowest BCUT2D eigenvalue weighted by Gasteiger charge is -2.12. The van der Waals surface area contributed by atoms with Crippen LogP contribution < -0.4 is 10.1 Å². The Hall–Kier alpha value is -2.08. The predicted molar refractivity (Wildman–Crippen MR) is 70.9 cm³/mol. The fraction of sp³-hybridized carbons (Fsp3) is 0.429. The molecule has 1 amide bonds. The van der Waals surface area contributed by atoms with E-state index in [1.165, 1.54) is 0 Å². The lowest BCUT2D eigenvalue weighted by molar-refractivity contribution is -0.135. The van der Waals surface area contributed by atoms with Gasteiger partial charge in [-0.3, -0.25) is 9.59 Å². The van der Waals surface area contributed by atoms with Gasteiger partial charge in [0.25, 0.3) is 5.91 Å². The summed E-state index contributed by atoms with van der Waals surface area (Å²) < 4.78 is 11.0. The van der Waals surface area contributed by atoms with E-state index in [0.29, 0.717) is 17.9 Å². The summed E-state index contributed by atoms with van der Waals surface area (Å²) in [6, 6.07) is 6.64. The van der Waals surface area contributed by atoms with Crippen LogP contribution in [-0.2, 0) is 9.53 Å². The zero-order valence-corrected chi connectivity index (χ0v) is 11.0. The van der Waals surface area contributed by atoms with E-state index in [-0.39, 0.29) is 6.10 Å². The van der Waals surface area contributed by atoms with Crippen molar-refractivity contribution in [2.24, 2.45) is 0 Å². The maximum atomic E-state index is 11.7. The van der Waals surface area contributed by atoms with E-state index in [1.807, 2.05) is 0 Å². The van der Waals surface area contributed by atoms with Crippen LogP contribution in [0, 0.1) is 0 Å². The largest absolute Gasteiger partial charge is 0.491 e. The quantitative estimate of drug-likeness (QED) is 0.813. The minimum atomic E-state index is -1.08. The van der Waals surface area contributed by atoms with Gasteiger partial charge in [-0.2, -0.15) is 0 Å². The van der Waals surface area contributed by atoms with Gasteiger partial charge in [-0.1, -0.05) is 6.07 Å². The summed E-state index contributed by atoms with van der Waals surface area (Å²) in [6.45, 7) is 0.825. The molecule has 1 aromatic carbocycles. The Morgan fingerprint density at radius 2 is 2.30 bits per heavy atom. The number of hydrogen-bond acceptors (Lipinski definition) is 4. The van der Waals surface area contributed by atoms with Gasteiger partial charge in [0.1, 0.15) is 18.9 Å². The molecular weight excluding hydrogens is 262 g/mol. The van der Waals surface area contributed by atoms with Crippen LogP contribution in [0.5, 0.6) is 5.75 Å². The van der Waals surface area contributed by atoms with Crippen LogP contribution in [0.3, 0.4) is 0 Å². The molecule has 6 nitrogen and oxygen atoms in total. The van der Waals surface area contributed by atoms with E-state index in [2.05, 4.69) is 5.32 Å². The van der Waals surface area contributed by atoms with Crippen molar-refractivity contribution in [2.45, 2.75) is 18.9 Å². The molecule has 1 fully saturated rings. The van der Waals surface area contributed by atoms with Crippen molar-refractivity contribution in [2.75, 3.05) is 19.8 Å². The van der Waals surface area contributed by atoms with Gasteiger partial charge in [-0.25, -0.2) is 0 Å². The minimum absolute atomic E-state index is 0.111. The second kappa shape index (κ2) is 6.91. The molecule has 1 saturated heterocycles. The number of hydrogen-bond donors (Lipinski definition) is 2. The summed E-state index contributed by atoms with van der Waals surface area (Å²) in [5.41, 5.74) is 0.371. The van der Waals surface area contributed by atoms with E-state index < -0.39 is 18.4 Å². The zero-order valence-electron chi connectivity index (χ0n) is 11.0. The van der Waals surface area contributed by atoms with Gasteiger partial charge in [0.15, 0.2) is 0 Å². The van der Waals surface area contributed by atoms with Crippen molar-refractivity contribution in [3.05, 3.63) is 29.8 Å². The van der Waals surface area contributed by atoms with E-state index in [9.17, 15) is 9.59 Å². The average molecular weight is 279 g/mol. The molecule has 0 radical (unpaired) electrons. The van der Waals surface area contributed by atoms with E-state index in [1.54, 1.807) is 24.3 Å². The third kappa shape index (κ3) is 4.24. The standard InChI is InChI=1S/C14H17NO5/c16-13(17)8-15-14(18)10-3-1-4-11(7-10)20-9-12-5-2-6-19-12/h1,3-4,7,12H,2,5-6,8-9H2,(H,15,18)(H,16,17). The Morgan fingerprint density at radius 3 is 3.00 bits per heavy atom. The second-order valence-electron chi connectivity index (χ2n) is 4.55. The number of carboxylic acids is 1. The summed E-state index contributed by atoms with van der Waals surface area (Å²) in [5, 5.41) is 10.8. The molecule has 0 saturated carbocycles. The number of carboxylic acid groups (broad SMARTS) is 1. The highest BCUT2D eigenvalue weighted by Gasteiger charge is 2.16. The molecule has 2 N–H and O–H groups in total. The number of ether oxygens (including phenoxy) is 2. The molecule has 1 aliphatic rings. The first-order valence-electron chi connectivity index (χ1n) is 6.49. The van der Waals surface area contributed by atoms with Crippen LogP contribution in [0.15, 0.2) is 24.3 Å². The normalized spacial score (nSPS) is 17.7. The first-order valence-corrected chi connectivity index (χ1v) is 6.49. The van der Waals surface area contributed by atoms with Gasteiger partial charge in [-0.15, -0.1) is 0 Å². The third-order valence-electron chi connectivity index (χ3n) is 2.96. The molecular formula is C14H17NO5. The maximum absolute atomic E-state index is 11.7. The fourth-order valence-corrected chi connectivity index (χ4v) is 1.95. The molecule has 1 heterocycles. The molecule has 0 aliphatic carbocycles. The Labute approximate surface area is 116 Å². The number of amides is 1. The summed E-state index contributed by atoms with van der Waals surface area (Å²) >= 11 is 0. The van der Waals surface area contributed by atoms with Gasteiger partial charge in [-0.05, 0) is 31.0 Å². The van der Waals surface area contributed by atoms with Crippen molar-refractivity contribution in [3.8, 4) is 5.75 Å². The highest BCUT2D eigenvalue weighted by Crippen LogP contribution is 2.17. The van der Waals surface area contributed by atoms with Crippen LogP contribution in [0.1, 0.15) is 23.2 Å². The first kappa shape index (κ1) is 14.3. The number of carbonyl (C=O) groups excluding carboxylic acids is 1. The number of nitrogens with one attached hydrogen (secondary N) is 1. The molecule has 2 rings (SSSR count). The summed E-state index contributed by atoms with van der Waals surface area (Å²) in [7, 11) is 0. The molecule has 1 unspecified atom stereocenters. The molecule has 6 heteroatoms. The number of aliphatic carboxylic acids is 1. The monoisotopic (exact) mass is 279 g/mol. The predicted octanol–water partition coefficient (Wildman–Crippen LogP) is 1.06. The number of rotatable bonds is 6. The topological polar surface area (TPSA) is 84.9 Å². The molecule has 108 valence electrons. The van der Waals surface area contributed by atoms with Crippen molar-refractivity contribution >= 4 is 11.9 Å². The number of benzene rings is 1. The molecule has 1 aliphatic heterocycles. The Kier molecular flexibility index (Phi) is 4.95. The van der Waals surface area contributed by atoms with E-state index >= 15 is 0 Å². The third-order valence-corrected chi connectivity index (χ3v) is 2.96. The molecule has 0 spiro atoms. The molecule has 1 aromatic rings. The molecule has 20 heavy (non-hydrogen) atoms.